The molecule has 1 aliphatic heterocycles. The lowest BCUT2D eigenvalue weighted by molar-refractivity contribution is -0.145. The van der Waals surface area contributed by atoms with E-state index in [1.54, 1.807) is 48.3 Å². The van der Waals surface area contributed by atoms with Crippen molar-refractivity contribution in [1.82, 2.24) is 9.80 Å². The highest BCUT2D eigenvalue weighted by Crippen LogP contribution is 2.38. The number of benzene rings is 3. The Morgan fingerprint density at radius 2 is 1.39 bits per heavy atom. The number of carbonyl (C=O) groups excluding carboxylic acids is 2. The first-order valence-corrected chi connectivity index (χ1v) is 13.7. The SMILES string of the molecule is COc1cc(CN2CCN(C(=O)CCCCC(c3ccc(F)cc3)c3ccc(F)cc3)CC2=O)cc(OC)c1OC. The Labute approximate surface area is 239 Å². The van der Waals surface area contributed by atoms with E-state index in [4.69, 9.17) is 14.2 Å². The van der Waals surface area contributed by atoms with Crippen LogP contribution in [0.25, 0.3) is 0 Å². The van der Waals surface area contributed by atoms with Crippen LogP contribution in [0.3, 0.4) is 0 Å². The Morgan fingerprint density at radius 1 is 0.829 bits per heavy atom. The summed E-state index contributed by atoms with van der Waals surface area (Å²) < 4.78 is 43.2. The van der Waals surface area contributed by atoms with Crippen LogP contribution >= 0.6 is 0 Å². The average molecular weight is 567 g/mol. The summed E-state index contributed by atoms with van der Waals surface area (Å²) in [6.45, 7) is 1.30. The summed E-state index contributed by atoms with van der Waals surface area (Å²) in [5.41, 5.74) is 2.72. The molecule has 0 saturated carbocycles. The molecule has 0 unspecified atom stereocenters. The highest BCUT2D eigenvalue weighted by molar-refractivity contribution is 5.86. The molecule has 1 saturated heterocycles. The predicted octanol–water partition coefficient (Wildman–Crippen LogP) is 5.55. The van der Waals surface area contributed by atoms with E-state index in [2.05, 4.69) is 0 Å². The lowest BCUT2D eigenvalue weighted by Gasteiger charge is -2.34. The fraction of sp³-hybridized carbons (Fsp3) is 0.375. The number of halogens is 2. The molecule has 0 bridgehead atoms. The summed E-state index contributed by atoms with van der Waals surface area (Å²) in [5.74, 6) is 0.699. The Balaban J connectivity index is 1.29. The minimum Gasteiger partial charge on any atom is -0.493 e. The maximum atomic E-state index is 13.5. The Hall–Kier alpha value is -4.14. The van der Waals surface area contributed by atoms with Gasteiger partial charge in [0.25, 0.3) is 0 Å². The van der Waals surface area contributed by atoms with E-state index in [1.807, 2.05) is 12.1 Å². The summed E-state index contributed by atoms with van der Waals surface area (Å²) >= 11 is 0. The average Bonchev–Trinajstić information content (AvgIpc) is 2.98. The molecule has 218 valence electrons. The second kappa shape index (κ2) is 14.0. The molecule has 3 aromatic rings. The van der Waals surface area contributed by atoms with E-state index in [0.717, 1.165) is 29.5 Å². The highest BCUT2D eigenvalue weighted by atomic mass is 19.1. The van der Waals surface area contributed by atoms with Gasteiger partial charge in [-0.2, -0.15) is 0 Å². The van der Waals surface area contributed by atoms with Crippen LogP contribution in [-0.2, 0) is 16.1 Å². The molecule has 1 fully saturated rings. The van der Waals surface area contributed by atoms with Crippen LogP contribution in [0.4, 0.5) is 8.78 Å². The van der Waals surface area contributed by atoms with Crippen molar-refractivity contribution < 1.29 is 32.6 Å². The maximum absolute atomic E-state index is 13.5. The molecule has 0 N–H and O–H groups in total. The number of ether oxygens (including phenoxy) is 3. The van der Waals surface area contributed by atoms with Crippen LogP contribution in [0.2, 0.25) is 0 Å². The molecule has 4 rings (SSSR count). The third-order valence-corrected chi connectivity index (χ3v) is 7.45. The van der Waals surface area contributed by atoms with Crippen LogP contribution in [-0.4, -0.2) is 62.6 Å². The second-order valence-corrected chi connectivity index (χ2v) is 10.1. The summed E-state index contributed by atoms with van der Waals surface area (Å²) in [5, 5.41) is 0. The molecule has 1 heterocycles. The Morgan fingerprint density at radius 3 is 1.88 bits per heavy atom. The van der Waals surface area contributed by atoms with Crippen molar-refractivity contribution in [1.29, 1.82) is 0 Å². The van der Waals surface area contributed by atoms with Gasteiger partial charge in [-0.25, -0.2) is 8.78 Å². The quantitative estimate of drug-likeness (QED) is 0.269. The van der Waals surface area contributed by atoms with Crippen LogP contribution in [0.1, 0.15) is 48.3 Å². The molecule has 41 heavy (non-hydrogen) atoms. The number of hydrogen-bond acceptors (Lipinski definition) is 5. The first kappa shape index (κ1) is 29.8. The third kappa shape index (κ3) is 7.54. The maximum Gasteiger partial charge on any atom is 0.242 e. The van der Waals surface area contributed by atoms with Gasteiger partial charge in [-0.3, -0.25) is 9.59 Å². The van der Waals surface area contributed by atoms with Crippen LogP contribution in [0, 0.1) is 11.6 Å². The zero-order valence-corrected chi connectivity index (χ0v) is 23.7. The number of piperazine rings is 1. The minimum atomic E-state index is -0.310. The first-order valence-electron chi connectivity index (χ1n) is 13.7. The van der Waals surface area contributed by atoms with Crippen molar-refractivity contribution in [2.45, 2.75) is 38.1 Å². The number of methoxy groups -OCH3 is 3. The fourth-order valence-corrected chi connectivity index (χ4v) is 5.23. The van der Waals surface area contributed by atoms with Gasteiger partial charge in [0.15, 0.2) is 11.5 Å². The molecule has 2 amide bonds. The van der Waals surface area contributed by atoms with E-state index in [-0.39, 0.29) is 35.9 Å². The number of rotatable bonds is 12. The number of hydrogen-bond donors (Lipinski definition) is 0. The lowest BCUT2D eigenvalue weighted by atomic mass is 9.87. The van der Waals surface area contributed by atoms with Gasteiger partial charge in [-0.15, -0.1) is 0 Å². The van der Waals surface area contributed by atoms with Gasteiger partial charge in [0.2, 0.25) is 17.6 Å². The Kier molecular flexibility index (Phi) is 10.2. The number of carbonyl (C=O) groups is 2. The fourth-order valence-electron chi connectivity index (χ4n) is 5.23. The van der Waals surface area contributed by atoms with Crippen molar-refractivity contribution in [2.75, 3.05) is 41.0 Å². The van der Waals surface area contributed by atoms with E-state index in [0.29, 0.717) is 49.7 Å². The van der Waals surface area contributed by atoms with E-state index < -0.39 is 0 Å². The molecular weight excluding hydrogens is 530 g/mol. The van der Waals surface area contributed by atoms with Gasteiger partial charge in [-0.05, 0) is 65.9 Å². The normalized spacial score (nSPS) is 13.5. The summed E-state index contributed by atoms with van der Waals surface area (Å²) in [7, 11) is 4.62. The van der Waals surface area contributed by atoms with Gasteiger partial charge >= 0.3 is 0 Å². The van der Waals surface area contributed by atoms with Crippen molar-refractivity contribution in [3.05, 3.63) is 89.0 Å². The van der Waals surface area contributed by atoms with Crippen LogP contribution in [0.5, 0.6) is 17.2 Å². The zero-order chi connectivity index (χ0) is 29.4. The van der Waals surface area contributed by atoms with Crippen molar-refractivity contribution in [3.8, 4) is 17.2 Å². The first-order chi connectivity index (χ1) is 19.8. The molecule has 0 aliphatic carbocycles. The topological polar surface area (TPSA) is 68.3 Å². The van der Waals surface area contributed by atoms with E-state index >= 15 is 0 Å². The molecule has 0 radical (unpaired) electrons. The minimum absolute atomic E-state index is 0.0355. The lowest BCUT2D eigenvalue weighted by Crippen LogP contribution is -2.51. The molecule has 0 atom stereocenters. The largest absolute Gasteiger partial charge is 0.493 e. The summed E-state index contributed by atoms with van der Waals surface area (Å²) in [4.78, 5) is 29.2. The van der Waals surface area contributed by atoms with E-state index in [1.165, 1.54) is 31.4 Å². The molecular formula is C32H36F2N2O5. The van der Waals surface area contributed by atoms with Gasteiger partial charge in [0, 0.05) is 32.0 Å². The molecule has 7 nitrogen and oxygen atoms in total. The van der Waals surface area contributed by atoms with Gasteiger partial charge in [-0.1, -0.05) is 30.7 Å². The van der Waals surface area contributed by atoms with Crippen molar-refractivity contribution >= 4 is 11.8 Å². The van der Waals surface area contributed by atoms with Crippen LogP contribution < -0.4 is 14.2 Å². The van der Waals surface area contributed by atoms with Crippen LogP contribution in [0.15, 0.2) is 60.7 Å². The highest BCUT2D eigenvalue weighted by Gasteiger charge is 2.27. The van der Waals surface area contributed by atoms with Gasteiger partial charge in [0.05, 0.1) is 27.9 Å². The summed E-state index contributed by atoms with van der Waals surface area (Å²) in [6.07, 6.45) is 2.46. The number of nitrogens with zero attached hydrogens (tertiary/aromatic N) is 2. The van der Waals surface area contributed by atoms with Gasteiger partial charge < -0.3 is 24.0 Å². The number of unbranched alkanes of at least 4 members (excludes halogenated alkanes) is 1. The molecule has 3 aromatic carbocycles. The van der Waals surface area contributed by atoms with Crippen molar-refractivity contribution in [3.63, 3.8) is 0 Å². The van der Waals surface area contributed by atoms with Crippen molar-refractivity contribution in [2.24, 2.45) is 0 Å². The van der Waals surface area contributed by atoms with Gasteiger partial charge in [0.1, 0.15) is 11.6 Å². The molecule has 0 aromatic heterocycles. The molecule has 9 heteroatoms. The monoisotopic (exact) mass is 566 g/mol. The molecule has 1 aliphatic rings. The smallest absolute Gasteiger partial charge is 0.242 e. The third-order valence-electron chi connectivity index (χ3n) is 7.45. The van der Waals surface area contributed by atoms with E-state index in [9.17, 15) is 18.4 Å². The number of amides is 2. The standard InChI is InChI=1S/C32H36F2N2O5/c1-39-28-18-22(19-29(40-2)32(28)41-3)20-35-16-17-36(21-31(35)38)30(37)7-5-4-6-27(23-8-12-25(33)13-9-23)24-10-14-26(34)15-11-24/h8-15,18-19,27H,4-7,16-17,20-21H2,1-3H3. The predicted molar refractivity (Wildman–Crippen MR) is 151 cm³/mol. The Bertz CT molecular complexity index is 1260. The second-order valence-electron chi connectivity index (χ2n) is 10.1. The zero-order valence-electron chi connectivity index (χ0n) is 23.7. The summed E-state index contributed by atoms with van der Waals surface area (Å²) in [6, 6.07) is 16.3. The molecule has 0 spiro atoms.